The molecule has 1 amide bonds. The summed E-state index contributed by atoms with van der Waals surface area (Å²) in [4.78, 5) is 14.7. The van der Waals surface area contributed by atoms with Gasteiger partial charge in [-0.25, -0.2) is 4.79 Å². The number of rotatable bonds is 6. The molecule has 0 bridgehead atoms. The summed E-state index contributed by atoms with van der Waals surface area (Å²) >= 11 is 4.16. The summed E-state index contributed by atoms with van der Waals surface area (Å²) in [5.74, 6) is 0. The minimum absolute atomic E-state index is 0.0582. The van der Waals surface area contributed by atoms with E-state index in [1.807, 2.05) is 26.8 Å². The van der Waals surface area contributed by atoms with Crippen molar-refractivity contribution in [2.24, 2.45) is 5.41 Å². The summed E-state index contributed by atoms with van der Waals surface area (Å²) in [6.45, 7) is 11.4. The Kier molecular flexibility index (Phi) is 8.20. The lowest BCUT2D eigenvalue weighted by molar-refractivity contribution is 0.0478. The summed E-state index contributed by atoms with van der Waals surface area (Å²) in [6, 6.07) is 10.6. The van der Waals surface area contributed by atoms with Crippen molar-refractivity contribution in [1.82, 2.24) is 10.2 Å². The van der Waals surface area contributed by atoms with Crippen molar-refractivity contribution in [2.75, 3.05) is 19.6 Å². The fraction of sp³-hybridized carbons (Fsp3) is 0.522. The SMILES string of the molecule is C/C(=C\C=C/S)C1(CNC(=O)OC(C)(C)C)CCN(Cc2ccccc2)CC1. The van der Waals surface area contributed by atoms with Crippen LogP contribution in [0.4, 0.5) is 4.79 Å². The van der Waals surface area contributed by atoms with Gasteiger partial charge in [0.25, 0.3) is 0 Å². The van der Waals surface area contributed by atoms with Gasteiger partial charge in [-0.3, -0.25) is 4.90 Å². The second-order valence-corrected chi connectivity index (χ2v) is 8.89. The number of amides is 1. The molecule has 5 heteroatoms. The number of piperidine rings is 1. The standard InChI is InChI=1S/C23H34N2O2S/c1-19(9-8-16-28)23(18-24-21(26)27-22(2,3)4)12-14-25(15-13-23)17-20-10-6-5-7-11-20/h5-11,16,28H,12-15,17-18H2,1-4H3,(H,24,26)/b16-8-,19-9+. The molecule has 0 radical (unpaired) electrons. The van der Waals surface area contributed by atoms with Gasteiger partial charge in [-0.05, 0) is 64.6 Å². The Morgan fingerprint density at radius 2 is 1.89 bits per heavy atom. The first-order chi connectivity index (χ1) is 13.2. The molecule has 1 aromatic rings. The van der Waals surface area contributed by atoms with Gasteiger partial charge in [-0.1, -0.05) is 48.1 Å². The van der Waals surface area contributed by atoms with Crippen molar-refractivity contribution in [3.63, 3.8) is 0 Å². The predicted molar refractivity (Wildman–Crippen MR) is 120 cm³/mol. The number of benzene rings is 1. The zero-order chi connectivity index (χ0) is 20.6. The number of ether oxygens (including phenoxy) is 1. The van der Waals surface area contributed by atoms with Gasteiger partial charge in [0.2, 0.25) is 0 Å². The van der Waals surface area contributed by atoms with E-state index in [0.29, 0.717) is 6.54 Å². The fourth-order valence-electron chi connectivity index (χ4n) is 3.61. The van der Waals surface area contributed by atoms with Crippen LogP contribution in [-0.4, -0.2) is 36.2 Å². The van der Waals surface area contributed by atoms with Crippen molar-refractivity contribution in [3.05, 3.63) is 59.0 Å². The van der Waals surface area contributed by atoms with Crippen LogP contribution in [0.5, 0.6) is 0 Å². The fourth-order valence-corrected chi connectivity index (χ4v) is 3.70. The third kappa shape index (κ3) is 7.02. The molecule has 1 aromatic carbocycles. The zero-order valence-electron chi connectivity index (χ0n) is 17.6. The Labute approximate surface area is 175 Å². The van der Waals surface area contributed by atoms with Crippen LogP contribution >= 0.6 is 12.6 Å². The van der Waals surface area contributed by atoms with Crippen LogP contribution in [0.15, 0.2) is 53.5 Å². The van der Waals surface area contributed by atoms with Crippen LogP contribution in [0.2, 0.25) is 0 Å². The molecule has 1 heterocycles. The minimum Gasteiger partial charge on any atom is -0.444 e. The highest BCUT2D eigenvalue weighted by Crippen LogP contribution is 2.38. The monoisotopic (exact) mass is 402 g/mol. The first-order valence-corrected chi connectivity index (χ1v) is 10.5. The molecule has 4 nitrogen and oxygen atoms in total. The Morgan fingerprint density at radius 1 is 1.25 bits per heavy atom. The Balaban J connectivity index is 2.03. The normalized spacial score (nSPS) is 18.2. The molecule has 0 atom stereocenters. The van der Waals surface area contributed by atoms with Crippen LogP contribution in [0, 0.1) is 5.41 Å². The summed E-state index contributed by atoms with van der Waals surface area (Å²) in [7, 11) is 0. The Bertz CT molecular complexity index is 684. The maximum atomic E-state index is 12.2. The van der Waals surface area contributed by atoms with Crippen LogP contribution in [0.1, 0.15) is 46.1 Å². The van der Waals surface area contributed by atoms with Crippen molar-refractivity contribution < 1.29 is 9.53 Å². The third-order valence-electron chi connectivity index (χ3n) is 5.30. The van der Waals surface area contributed by atoms with E-state index in [9.17, 15) is 4.79 Å². The van der Waals surface area contributed by atoms with E-state index in [1.165, 1.54) is 11.1 Å². The van der Waals surface area contributed by atoms with Gasteiger partial charge >= 0.3 is 6.09 Å². The summed E-state index contributed by atoms with van der Waals surface area (Å²) in [5.41, 5.74) is 2.06. The molecule has 0 aliphatic carbocycles. The molecule has 1 saturated heterocycles. The minimum atomic E-state index is -0.490. The number of alkyl carbamates (subject to hydrolysis) is 1. The topological polar surface area (TPSA) is 41.6 Å². The molecular weight excluding hydrogens is 368 g/mol. The molecule has 0 aromatic heterocycles. The van der Waals surface area contributed by atoms with Crippen molar-refractivity contribution in [3.8, 4) is 0 Å². The number of carbonyl (C=O) groups excluding carboxylic acids is 1. The molecule has 0 saturated carbocycles. The van der Waals surface area contributed by atoms with E-state index in [-0.39, 0.29) is 11.5 Å². The van der Waals surface area contributed by atoms with E-state index in [0.717, 1.165) is 32.5 Å². The second-order valence-electron chi connectivity index (χ2n) is 8.59. The van der Waals surface area contributed by atoms with Gasteiger partial charge < -0.3 is 10.1 Å². The number of likely N-dealkylation sites (tertiary alicyclic amines) is 1. The second kappa shape index (κ2) is 10.2. The van der Waals surface area contributed by atoms with Gasteiger partial charge in [0.05, 0.1) is 0 Å². The highest BCUT2D eigenvalue weighted by Gasteiger charge is 2.36. The molecule has 1 fully saturated rings. The van der Waals surface area contributed by atoms with E-state index in [2.05, 4.69) is 66.2 Å². The molecule has 1 N–H and O–H groups in total. The smallest absolute Gasteiger partial charge is 0.407 e. The van der Waals surface area contributed by atoms with E-state index >= 15 is 0 Å². The average Bonchev–Trinajstić information content (AvgIpc) is 2.65. The number of hydrogen-bond acceptors (Lipinski definition) is 4. The number of allylic oxidation sites excluding steroid dienone is 2. The molecule has 1 aliphatic rings. The average molecular weight is 403 g/mol. The number of thiol groups is 1. The number of hydrogen-bond donors (Lipinski definition) is 2. The lowest BCUT2D eigenvalue weighted by Crippen LogP contribution is -2.47. The van der Waals surface area contributed by atoms with Crippen molar-refractivity contribution in [1.29, 1.82) is 0 Å². The molecule has 28 heavy (non-hydrogen) atoms. The largest absolute Gasteiger partial charge is 0.444 e. The molecule has 2 rings (SSSR count). The molecule has 1 aliphatic heterocycles. The van der Waals surface area contributed by atoms with E-state index in [1.54, 1.807) is 5.41 Å². The number of carbonyl (C=O) groups is 1. The third-order valence-corrected chi connectivity index (χ3v) is 5.47. The van der Waals surface area contributed by atoms with Gasteiger partial charge in [0.1, 0.15) is 5.60 Å². The maximum absolute atomic E-state index is 12.2. The Hall–Kier alpha value is -1.72. The highest BCUT2D eigenvalue weighted by atomic mass is 32.1. The molecule has 0 spiro atoms. The first-order valence-electron chi connectivity index (χ1n) is 9.95. The van der Waals surface area contributed by atoms with Gasteiger partial charge in [-0.2, -0.15) is 12.6 Å². The van der Waals surface area contributed by atoms with Gasteiger partial charge in [-0.15, -0.1) is 0 Å². The van der Waals surface area contributed by atoms with Crippen LogP contribution < -0.4 is 5.32 Å². The van der Waals surface area contributed by atoms with Crippen molar-refractivity contribution >= 4 is 18.7 Å². The quantitative estimate of drug-likeness (QED) is 0.509. The van der Waals surface area contributed by atoms with Crippen LogP contribution in [-0.2, 0) is 11.3 Å². The molecular formula is C23H34N2O2S. The highest BCUT2D eigenvalue weighted by molar-refractivity contribution is 7.83. The summed E-state index contributed by atoms with van der Waals surface area (Å²) in [5, 5.41) is 4.75. The zero-order valence-corrected chi connectivity index (χ0v) is 18.5. The van der Waals surface area contributed by atoms with Gasteiger partial charge in [0, 0.05) is 18.5 Å². The Morgan fingerprint density at radius 3 is 2.46 bits per heavy atom. The maximum Gasteiger partial charge on any atom is 0.407 e. The summed E-state index contributed by atoms with van der Waals surface area (Å²) < 4.78 is 5.43. The lowest BCUT2D eigenvalue weighted by atomic mass is 9.72. The number of nitrogens with zero attached hydrogens (tertiary/aromatic N) is 1. The predicted octanol–water partition coefficient (Wildman–Crippen LogP) is 5.18. The van der Waals surface area contributed by atoms with Crippen LogP contribution in [0.3, 0.4) is 0 Å². The van der Waals surface area contributed by atoms with E-state index < -0.39 is 5.60 Å². The lowest BCUT2D eigenvalue weighted by Gasteiger charge is -2.43. The molecule has 154 valence electrons. The number of nitrogens with one attached hydrogen (secondary N) is 1. The van der Waals surface area contributed by atoms with Crippen molar-refractivity contribution in [2.45, 2.75) is 52.7 Å². The molecule has 0 unspecified atom stereocenters. The first kappa shape index (κ1) is 22.6. The van der Waals surface area contributed by atoms with Crippen LogP contribution in [0.25, 0.3) is 0 Å². The summed E-state index contributed by atoms with van der Waals surface area (Å²) in [6.07, 6.45) is 5.70. The van der Waals surface area contributed by atoms with Gasteiger partial charge in [0.15, 0.2) is 0 Å². The van der Waals surface area contributed by atoms with E-state index in [4.69, 9.17) is 4.74 Å².